The lowest BCUT2D eigenvalue weighted by Crippen LogP contribution is -2.25. The van der Waals surface area contributed by atoms with E-state index < -0.39 is 0 Å². The van der Waals surface area contributed by atoms with Gasteiger partial charge in [0.25, 0.3) is 5.56 Å². The standard InChI is InChI=1S/C11H10N6O/c12-11-13-9-8(14-16-15-9)10(18)17(11)6-7-4-2-1-3-5-7/h1-5H,6H2,(H3,12,13,14,15,16). The van der Waals surface area contributed by atoms with E-state index >= 15 is 0 Å². The van der Waals surface area contributed by atoms with Crippen LogP contribution < -0.4 is 11.3 Å². The van der Waals surface area contributed by atoms with Gasteiger partial charge in [0.2, 0.25) is 11.6 Å². The minimum absolute atomic E-state index is 0.130. The van der Waals surface area contributed by atoms with Crippen LogP contribution in [0.5, 0.6) is 0 Å². The summed E-state index contributed by atoms with van der Waals surface area (Å²) < 4.78 is 1.38. The van der Waals surface area contributed by atoms with Gasteiger partial charge in [0.05, 0.1) is 6.54 Å². The number of H-pyrrole nitrogens is 1. The monoisotopic (exact) mass is 242 g/mol. The van der Waals surface area contributed by atoms with Crippen molar-refractivity contribution in [1.82, 2.24) is 25.0 Å². The molecule has 18 heavy (non-hydrogen) atoms. The highest BCUT2D eigenvalue weighted by Crippen LogP contribution is 2.06. The van der Waals surface area contributed by atoms with Crippen LogP contribution in [0.1, 0.15) is 5.56 Å². The van der Waals surface area contributed by atoms with Crippen LogP contribution in [-0.2, 0) is 6.54 Å². The number of nitrogens with zero attached hydrogens (tertiary/aromatic N) is 4. The molecule has 0 radical (unpaired) electrons. The van der Waals surface area contributed by atoms with Crippen molar-refractivity contribution in [3.8, 4) is 0 Å². The molecule has 0 aliphatic rings. The van der Waals surface area contributed by atoms with Crippen molar-refractivity contribution >= 4 is 17.1 Å². The molecule has 0 saturated carbocycles. The van der Waals surface area contributed by atoms with E-state index in [2.05, 4.69) is 20.4 Å². The van der Waals surface area contributed by atoms with Crippen LogP contribution in [0.4, 0.5) is 5.95 Å². The lowest BCUT2D eigenvalue weighted by Gasteiger charge is -2.07. The van der Waals surface area contributed by atoms with Crippen molar-refractivity contribution in [2.45, 2.75) is 6.54 Å². The number of nitrogen functional groups attached to an aromatic ring is 1. The van der Waals surface area contributed by atoms with Gasteiger partial charge in [-0.25, -0.2) is 0 Å². The summed E-state index contributed by atoms with van der Waals surface area (Å²) in [5.41, 5.74) is 6.87. The quantitative estimate of drug-likeness (QED) is 0.665. The predicted octanol–water partition coefficient (Wildman–Crippen LogP) is 0.145. The molecule has 0 unspecified atom stereocenters. The van der Waals surface area contributed by atoms with Crippen LogP contribution in [0.25, 0.3) is 11.2 Å². The number of anilines is 1. The fraction of sp³-hybridized carbons (Fsp3) is 0.0909. The molecule has 0 aliphatic carbocycles. The molecule has 0 aliphatic heterocycles. The van der Waals surface area contributed by atoms with Gasteiger partial charge in [0.1, 0.15) is 0 Å². The first-order chi connectivity index (χ1) is 8.75. The summed E-state index contributed by atoms with van der Waals surface area (Å²) in [6.45, 7) is 0.362. The Labute approximate surface area is 101 Å². The molecular weight excluding hydrogens is 232 g/mol. The molecular formula is C11H10N6O. The van der Waals surface area contributed by atoms with Gasteiger partial charge in [-0.15, -0.1) is 10.2 Å². The van der Waals surface area contributed by atoms with Gasteiger partial charge in [-0.3, -0.25) is 9.36 Å². The minimum atomic E-state index is -0.296. The molecule has 7 nitrogen and oxygen atoms in total. The summed E-state index contributed by atoms with van der Waals surface area (Å²) in [5, 5.41) is 9.89. The zero-order valence-corrected chi connectivity index (χ0v) is 9.37. The predicted molar refractivity (Wildman–Crippen MR) is 65.9 cm³/mol. The van der Waals surface area contributed by atoms with E-state index in [-0.39, 0.29) is 22.7 Å². The summed E-state index contributed by atoms with van der Waals surface area (Å²) in [5.74, 6) is 0.130. The third kappa shape index (κ3) is 1.61. The second-order valence-electron chi connectivity index (χ2n) is 3.84. The normalized spacial score (nSPS) is 10.9. The fourth-order valence-corrected chi connectivity index (χ4v) is 1.77. The van der Waals surface area contributed by atoms with Gasteiger partial charge in [0.15, 0.2) is 5.52 Å². The van der Waals surface area contributed by atoms with Gasteiger partial charge < -0.3 is 5.73 Å². The largest absolute Gasteiger partial charge is 0.369 e. The van der Waals surface area contributed by atoms with Crippen molar-refractivity contribution in [1.29, 1.82) is 0 Å². The number of hydrogen-bond acceptors (Lipinski definition) is 5. The van der Waals surface area contributed by atoms with Crippen LogP contribution in [-0.4, -0.2) is 25.0 Å². The number of nitrogens with two attached hydrogens (primary N) is 1. The van der Waals surface area contributed by atoms with Gasteiger partial charge in [0, 0.05) is 0 Å². The van der Waals surface area contributed by atoms with E-state index in [1.165, 1.54) is 4.57 Å². The molecule has 0 saturated heterocycles. The molecule has 1 aromatic carbocycles. The van der Waals surface area contributed by atoms with Crippen LogP contribution in [0.2, 0.25) is 0 Å². The number of aromatic nitrogens is 5. The Morgan fingerprint density at radius 2 is 2.00 bits per heavy atom. The Hall–Kier alpha value is -2.70. The number of nitrogens with one attached hydrogen (secondary N) is 1. The second kappa shape index (κ2) is 3.95. The third-order valence-electron chi connectivity index (χ3n) is 2.66. The van der Waals surface area contributed by atoms with Gasteiger partial charge in [-0.05, 0) is 5.56 Å². The first kappa shape index (κ1) is 10.5. The Balaban J connectivity index is 2.14. The summed E-state index contributed by atoms with van der Waals surface area (Å²) >= 11 is 0. The molecule has 2 aromatic heterocycles. The lowest BCUT2D eigenvalue weighted by molar-refractivity contribution is 0.761. The average Bonchev–Trinajstić information content (AvgIpc) is 2.84. The van der Waals surface area contributed by atoms with Crippen molar-refractivity contribution in [3.63, 3.8) is 0 Å². The van der Waals surface area contributed by atoms with Crippen molar-refractivity contribution in [3.05, 3.63) is 46.2 Å². The molecule has 0 bridgehead atoms. The fourth-order valence-electron chi connectivity index (χ4n) is 1.77. The second-order valence-corrected chi connectivity index (χ2v) is 3.84. The lowest BCUT2D eigenvalue weighted by atomic mass is 10.2. The van der Waals surface area contributed by atoms with Crippen molar-refractivity contribution in [2.75, 3.05) is 5.73 Å². The van der Waals surface area contributed by atoms with E-state index in [0.717, 1.165) is 5.56 Å². The number of rotatable bonds is 2. The minimum Gasteiger partial charge on any atom is -0.369 e. The zero-order valence-electron chi connectivity index (χ0n) is 9.37. The molecule has 0 atom stereocenters. The number of fused-ring (bicyclic) bond motifs is 1. The number of aromatic amines is 1. The molecule has 0 fully saturated rings. The molecule has 0 spiro atoms. The van der Waals surface area contributed by atoms with E-state index in [1.54, 1.807) is 0 Å². The smallest absolute Gasteiger partial charge is 0.285 e. The summed E-state index contributed by atoms with van der Waals surface area (Å²) in [6.07, 6.45) is 0. The maximum Gasteiger partial charge on any atom is 0.285 e. The van der Waals surface area contributed by atoms with Crippen LogP contribution >= 0.6 is 0 Å². The van der Waals surface area contributed by atoms with Gasteiger partial charge in [-0.1, -0.05) is 30.3 Å². The third-order valence-corrected chi connectivity index (χ3v) is 2.66. The average molecular weight is 242 g/mol. The van der Waals surface area contributed by atoms with E-state index in [9.17, 15) is 4.79 Å². The van der Waals surface area contributed by atoms with E-state index in [1.807, 2.05) is 30.3 Å². The molecule has 3 N–H and O–H groups in total. The van der Waals surface area contributed by atoms with Crippen LogP contribution in [0.3, 0.4) is 0 Å². The van der Waals surface area contributed by atoms with Crippen molar-refractivity contribution in [2.24, 2.45) is 0 Å². The Morgan fingerprint density at radius 3 is 2.78 bits per heavy atom. The molecule has 3 aromatic rings. The van der Waals surface area contributed by atoms with Crippen molar-refractivity contribution < 1.29 is 0 Å². The summed E-state index contributed by atoms with van der Waals surface area (Å²) in [6, 6.07) is 9.55. The highest BCUT2D eigenvalue weighted by atomic mass is 16.1. The number of hydrogen-bond donors (Lipinski definition) is 2. The first-order valence-corrected chi connectivity index (χ1v) is 5.36. The molecule has 7 heteroatoms. The number of benzene rings is 1. The zero-order chi connectivity index (χ0) is 12.5. The van der Waals surface area contributed by atoms with Gasteiger partial charge in [-0.2, -0.15) is 10.2 Å². The Morgan fingerprint density at radius 1 is 1.22 bits per heavy atom. The highest BCUT2D eigenvalue weighted by molar-refractivity contribution is 5.68. The highest BCUT2D eigenvalue weighted by Gasteiger charge is 2.11. The maximum absolute atomic E-state index is 12.1. The summed E-state index contributed by atoms with van der Waals surface area (Å²) in [7, 11) is 0. The van der Waals surface area contributed by atoms with Crippen LogP contribution in [0, 0.1) is 0 Å². The summed E-state index contributed by atoms with van der Waals surface area (Å²) in [4.78, 5) is 16.2. The van der Waals surface area contributed by atoms with E-state index in [4.69, 9.17) is 5.73 Å². The maximum atomic E-state index is 12.1. The van der Waals surface area contributed by atoms with Crippen LogP contribution in [0.15, 0.2) is 35.1 Å². The van der Waals surface area contributed by atoms with Gasteiger partial charge >= 0.3 is 0 Å². The topological polar surface area (TPSA) is 102 Å². The molecule has 0 amide bonds. The van der Waals surface area contributed by atoms with E-state index in [0.29, 0.717) is 6.54 Å². The SMILES string of the molecule is Nc1nc2n[nH]nc2c(=O)n1Cc1ccccc1. The molecule has 3 rings (SSSR count). The Bertz CT molecular complexity index is 745. The Kier molecular flexibility index (Phi) is 2.30. The molecule has 2 heterocycles. The first-order valence-electron chi connectivity index (χ1n) is 5.36. The molecule has 90 valence electrons.